The normalized spacial score (nSPS) is 40.3. The summed E-state index contributed by atoms with van der Waals surface area (Å²) in [6.07, 6.45) is -12.4. The Morgan fingerprint density at radius 2 is 1.58 bits per heavy atom. The van der Waals surface area contributed by atoms with E-state index in [4.69, 9.17) is 30.5 Å². The van der Waals surface area contributed by atoms with Crippen molar-refractivity contribution in [2.45, 2.75) is 80.7 Å². The van der Waals surface area contributed by atoms with E-state index in [0.29, 0.717) is 0 Å². The number of nitrogens with two attached hydrogens (primary N) is 1. The van der Waals surface area contributed by atoms with E-state index in [1.165, 1.54) is 6.92 Å². The van der Waals surface area contributed by atoms with E-state index in [1.807, 2.05) is 0 Å². The van der Waals surface area contributed by atoms with Crippen LogP contribution in [0.5, 0.6) is 0 Å². The number of ether oxygens (including phenoxy) is 2. The van der Waals surface area contributed by atoms with Crippen molar-refractivity contribution < 1.29 is 74.9 Å². The summed E-state index contributed by atoms with van der Waals surface area (Å²) < 4.78 is 9.62. The molecule has 0 aromatic carbocycles. The third kappa shape index (κ3) is 6.91. The van der Waals surface area contributed by atoms with E-state index in [2.05, 4.69) is 5.32 Å². The number of ketones is 1. The molecule has 0 spiro atoms. The van der Waals surface area contributed by atoms with Gasteiger partial charge in [-0.2, -0.15) is 0 Å². The minimum atomic E-state index is -3.11. The molecular weight excluding hydrogens is 496 g/mol. The molecule has 2 rings (SSSR count). The second-order valence-corrected chi connectivity index (χ2v) is 8.44. The fourth-order valence-corrected chi connectivity index (χ4v) is 3.82. The van der Waals surface area contributed by atoms with Gasteiger partial charge in [-0.25, -0.2) is 4.79 Å². The number of rotatable bonds is 7. The molecule has 3 unspecified atom stereocenters. The van der Waals surface area contributed by atoms with Crippen LogP contribution in [0.15, 0.2) is 0 Å². The fraction of sp³-hybridized carbons (Fsp3) is 0.842. The molecule has 0 saturated carbocycles. The Balaban J connectivity index is 0.000000381. The van der Waals surface area contributed by atoms with E-state index in [-0.39, 0.29) is 0 Å². The number of aliphatic hydroxyl groups is 9. The molecule has 1 amide bonds. The first-order valence-corrected chi connectivity index (χ1v) is 10.7. The number of amides is 1. The van der Waals surface area contributed by atoms with Gasteiger partial charge in [0.05, 0.1) is 25.4 Å². The Morgan fingerprint density at radius 1 is 1.03 bits per heavy atom. The molecule has 210 valence electrons. The lowest BCUT2D eigenvalue weighted by atomic mass is 9.79. The number of carboxylic acids is 1. The van der Waals surface area contributed by atoms with Crippen LogP contribution in [0.1, 0.15) is 13.8 Å². The largest absolute Gasteiger partial charge is 0.477 e. The first kappa shape index (κ1) is 32.2. The van der Waals surface area contributed by atoms with Crippen molar-refractivity contribution >= 4 is 17.7 Å². The summed E-state index contributed by atoms with van der Waals surface area (Å²) in [4.78, 5) is 33.4. The van der Waals surface area contributed by atoms with Crippen LogP contribution < -0.4 is 11.1 Å². The number of hydrogen-bond acceptors (Lipinski definition) is 15. The number of carboxylic acid groups (broad SMARTS) is 1. The maximum atomic E-state index is 11.5. The second kappa shape index (κ2) is 13.1. The van der Waals surface area contributed by atoms with E-state index < -0.39 is 104 Å². The van der Waals surface area contributed by atoms with Crippen molar-refractivity contribution in [1.29, 1.82) is 0 Å². The minimum Gasteiger partial charge on any atom is -0.477 e. The first-order chi connectivity index (χ1) is 16.5. The molecule has 2 fully saturated rings. The van der Waals surface area contributed by atoms with Crippen molar-refractivity contribution in [3.63, 3.8) is 0 Å². The molecule has 0 radical (unpaired) electrons. The summed E-state index contributed by atoms with van der Waals surface area (Å²) >= 11 is 0. The molecule has 0 bridgehead atoms. The highest BCUT2D eigenvalue weighted by Crippen LogP contribution is 2.35. The smallest absolute Gasteiger partial charge is 0.365 e. The highest BCUT2D eigenvalue weighted by atomic mass is 16.7. The summed E-state index contributed by atoms with van der Waals surface area (Å²) in [5.41, 5.74) is 5.58. The average Bonchev–Trinajstić information content (AvgIpc) is 2.80. The predicted octanol–water partition coefficient (Wildman–Crippen LogP) is -7.31. The first-order valence-electron chi connectivity index (χ1n) is 10.7. The van der Waals surface area contributed by atoms with Gasteiger partial charge in [-0.05, 0) is 6.92 Å². The van der Waals surface area contributed by atoms with Crippen molar-refractivity contribution in [2.24, 2.45) is 11.7 Å². The zero-order valence-corrected chi connectivity index (χ0v) is 19.4. The van der Waals surface area contributed by atoms with Crippen LogP contribution in [0.25, 0.3) is 0 Å². The molecule has 17 heteroatoms. The van der Waals surface area contributed by atoms with Crippen molar-refractivity contribution in [3.8, 4) is 0 Å². The summed E-state index contributed by atoms with van der Waals surface area (Å²) in [6.45, 7) is 0.745. The zero-order valence-electron chi connectivity index (χ0n) is 19.4. The highest BCUT2D eigenvalue weighted by Gasteiger charge is 2.61. The number of nitrogens with one attached hydrogen (secondary N) is 1. The molecule has 0 aromatic rings. The van der Waals surface area contributed by atoms with E-state index in [9.17, 15) is 50.1 Å². The van der Waals surface area contributed by atoms with Crippen LogP contribution in [0.4, 0.5) is 0 Å². The molecule has 12 atom stereocenters. The molecule has 36 heavy (non-hydrogen) atoms. The highest BCUT2D eigenvalue weighted by molar-refractivity contribution is 5.88. The molecule has 2 heterocycles. The van der Waals surface area contributed by atoms with Crippen LogP contribution in [0, 0.1) is 5.92 Å². The van der Waals surface area contributed by atoms with Gasteiger partial charge >= 0.3 is 5.97 Å². The summed E-state index contributed by atoms with van der Waals surface area (Å²) in [5, 5.41) is 96.3. The number of hydrogen-bond donors (Lipinski definition) is 12. The minimum absolute atomic E-state index is 0.462. The van der Waals surface area contributed by atoms with Gasteiger partial charge in [0.1, 0.15) is 54.4 Å². The van der Waals surface area contributed by atoms with Gasteiger partial charge in [-0.1, -0.05) is 0 Å². The van der Waals surface area contributed by atoms with E-state index in [1.54, 1.807) is 0 Å². The monoisotopic (exact) mass is 530 g/mol. The molecule has 0 aliphatic carbocycles. The van der Waals surface area contributed by atoms with Gasteiger partial charge in [0.2, 0.25) is 5.91 Å². The van der Waals surface area contributed by atoms with Crippen molar-refractivity contribution in [1.82, 2.24) is 5.32 Å². The van der Waals surface area contributed by atoms with Crippen LogP contribution in [-0.2, 0) is 23.9 Å². The van der Waals surface area contributed by atoms with Gasteiger partial charge in [0.15, 0.2) is 6.29 Å². The topological polar surface area (TPSA) is 310 Å². The van der Waals surface area contributed by atoms with Gasteiger partial charge in [-0.15, -0.1) is 0 Å². The maximum Gasteiger partial charge on any atom is 0.365 e. The number of aliphatic hydroxyl groups excluding tert-OH is 8. The van der Waals surface area contributed by atoms with E-state index >= 15 is 0 Å². The standard InChI is InChI=1S/C11H19NO9.C8H15NO6/c1-3(14)5-8(17)6(12)9(7(16)4(15)2-13)21-11(5,20)10(18)19;1-3(11)9-5-7(13)6(12)4(2-10)15-8(5)14/h4-9,13,15-17,20H,2,12H2,1H3,(H,18,19);4-8,10,12-14H,2H2,1H3,(H,9,11)/t4-,5?,6-,7-,8+,9-,11?;4-,5-,6-,7-,8?/m11/s1. The third-order valence-electron chi connectivity index (χ3n) is 5.78. The fourth-order valence-electron chi connectivity index (χ4n) is 3.82. The predicted molar refractivity (Wildman–Crippen MR) is 112 cm³/mol. The Hall–Kier alpha value is -1.87. The molecule has 0 aromatic heterocycles. The van der Waals surface area contributed by atoms with Gasteiger partial charge < -0.3 is 71.6 Å². The third-order valence-corrected chi connectivity index (χ3v) is 5.78. The molecule has 17 nitrogen and oxygen atoms in total. The number of carbonyl (C=O) groups excluding carboxylic acids is 2. The Morgan fingerprint density at radius 3 is 2.00 bits per heavy atom. The summed E-state index contributed by atoms with van der Waals surface area (Å²) in [6, 6.07) is -2.56. The lowest BCUT2D eigenvalue weighted by Crippen LogP contribution is -2.71. The Kier molecular flexibility index (Phi) is 11.7. The Bertz CT molecular complexity index is 771. The zero-order chi connectivity index (χ0) is 28.1. The molecule has 13 N–H and O–H groups in total. The average molecular weight is 530 g/mol. The van der Waals surface area contributed by atoms with Gasteiger partial charge in [0.25, 0.3) is 5.79 Å². The summed E-state index contributed by atoms with van der Waals surface area (Å²) in [5.74, 6) is -8.26. The molecule has 2 aliphatic heterocycles. The number of carbonyl (C=O) groups is 3. The van der Waals surface area contributed by atoms with Crippen LogP contribution in [0.3, 0.4) is 0 Å². The molecule has 2 aliphatic rings. The molecular formula is C19H34N2O15. The van der Waals surface area contributed by atoms with Crippen molar-refractivity contribution in [3.05, 3.63) is 0 Å². The lowest BCUT2D eigenvalue weighted by molar-refractivity contribution is -0.311. The van der Waals surface area contributed by atoms with Gasteiger partial charge in [-0.3, -0.25) is 9.59 Å². The SMILES string of the molecule is CC(=O)C1[C@H](O)[C@@H](N)[C@H]([C@H](O)[C@H](O)CO)OC1(O)C(=O)O.CC(=O)N[C@H]1C(O)O[C@H](CO)[C@@H](O)[C@@H]1O. The quantitative estimate of drug-likeness (QED) is 0.145. The van der Waals surface area contributed by atoms with Crippen molar-refractivity contribution in [2.75, 3.05) is 13.2 Å². The number of Topliss-reactive ketones (excluding diaryl/α,β-unsaturated/α-hetero) is 1. The maximum absolute atomic E-state index is 11.5. The van der Waals surface area contributed by atoms with E-state index in [0.717, 1.165) is 6.92 Å². The van der Waals surface area contributed by atoms with Crippen LogP contribution >= 0.6 is 0 Å². The van der Waals surface area contributed by atoms with Crippen LogP contribution in [0.2, 0.25) is 0 Å². The summed E-state index contributed by atoms with van der Waals surface area (Å²) in [7, 11) is 0. The lowest BCUT2D eigenvalue weighted by Gasteiger charge is -2.47. The Labute approximate surface area is 204 Å². The molecule has 2 saturated heterocycles. The van der Waals surface area contributed by atoms with Crippen LogP contribution in [-0.4, -0.2) is 149 Å². The van der Waals surface area contributed by atoms with Gasteiger partial charge in [0, 0.05) is 6.92 Å². The second-order valence-electron chi connectivity index (χ2n) is 8.44. The number of aliphatic carboxylic acids is 1.